The molecule has 4 nitrogen and oxygen atoms in total. The van der Waals surface area contributed by atoms with E-state index in [0.29, 0.717) is 5.88 Å². The summed E-state index contributed by atoms with van der Waals surface area (Å²) in [5.41, 5.74) is 0.854. The summed E-state index contributed by atoms with van der Waals surface area (Å²) in [4.78, 5) is 15.3. The Hall–Kier alpha value is -1.32. The minimum atomic E-state index is 0.0190. The minimum Gasteiger partial charge on any atom is -0.427 e. The first kappa shape index (κ1) is 7.34. The number of amides is 1. The first-order valence-electron chi connectivity index (χ1n) is 4.00. The van der Waals surface area contributed by atoms with Crippen LogP contribution in [-0.2, 0) is 11.2 Å². The van der Waals surface area contributed by atoms with Gasteiger partial charge in [0.1, 0.15) is 5.69 Å². The van der Waals surface area contributed by atoms with Gasteiger partial charge in [-0.05, 0) is 12.8 Å². The number of aryl methyl sites for hydroxylation is 1. The number of oxazole rings is 1. The summed E-state index contributed by atoms with van der Waals surface area (Å²) in [5.74, 6) is 0.587. The summed E-state index contributed by atoms with van der Waals surface area (Å²) in [5, 5.41) is 2.68. The molecule has 1 aliphatic heterocycles. The van der Waals surface area contributed by atoms with Crippen molar-refractivity contribution in [3.63, 3.8) is 0 Å². The van der Waals surface area contributed by atoms with Crippen molar-refractivity contribution in [3.8, 4) is 0 Å². The van der Waals surface area contributed by atoms with Crippen molar-refractivity contribution >= 4 is 11.8 Å². The zero-order chi connectivity index (χ0) is 8.55. The molecule has 1 aromatic rings. The van der Waals surface area contributed by atoms with Crippen LogP contribution in [0.5, 0.6) is 0 Å². The molecule has 2 rings (SSSR count). The van der Waals surface area contributed by atoms with Gasteiger partial charge in [0.25, 0.3) is 0 Å². The van der Waals surface area contributed by atoms with Crippen LogP contribution in [0.2, 0.25) is 0 Å². The molecule has 0 aliphatic carbocycles. The molecule has 0 saturated heterocycles. The second-order valence-electron chi connectivity index (χ2n) is 3.06. The second-order valence-corrected chi connectivity index (χ2v) is 3.06. The largest absolute Gasteiger partial charge is 0.427 e. The molecule has 0 fully saturated rings. The Morgan fingerprint density at radius 3 is 3.42 bits per heavy atom. The van der Waals surface area contributed by atoms with Crippen LogP contribution in [0, 0.1) is 5.92 Å². The molecule has 1 aromatic heterocycles. The lowest BCUT2D eigenvalue weighted by Gasteiger charge is -2.03. The molecule has 1 unspecified atom stereocenters. The van der Waals surface area contributed by atoms with Crippen molar-refractivity contribution in [3.05, 3.63) is 12.1 Å². The monoisotopic (exact) mass is 166 g/mol. The summed E-state index contributed by atoms with van der Waals surface area (Å²) < 4.78 is 5.01. The Morgan fingerprint density at radius 2 is 2.58 bits per heavy atom. The Morgan fingerprint density at radius 1 is 1.75 bits per heavy atom. The predicted octanol–water partition coefficient (Wildman–Crippen LogP) is 1.20. The van der Waals surface area contributed by atoms with Crippen molar-refractivity contribution in [1.29, 1.82) is 0 Å². The standard InChI is InChI=1S/C8H10N2O2/c1-5-2-3-6-8(10-7(5)11)12-4-9-6/h4-5H,2-3H2,1H3,(H,10,11). The number of carbonyl (C=O) groups excluding carboxylic acids is 1. The number of carbonyl (C=O) groups is 1. The highest BCUT2D eigenvalue weighted by atomic mass is 16.4. The van der Waals surface area contributed by atoms with Crippen molar-refractivity contribution in [2.45, 2.75) is 19.8 Å². The van der Waals surface area contributed by atoms with Gasteiger partial charge < -0.3 is 4.42 Å². The Kier molecular flexibility index (Phi) is 1.60. The molecule has 0 saturated carbocycles. The van der Waals surface area contributed by atoms with Crippen molar-refractivity contribution in [2.24, 2.45) is 5.92 Å². The Bertz CT molecular complexity index is 306. The molecule has 64 valence electrons. The van der Waals surface area contributed by atoms with Crippen LogP contribution in [-0.4, -0.2) is 10.9 Å². The Balaban J connectivity index is 2.30. The Labute approximate surface area is 70.0 Å². The summed E-state index contributed by atoms with van der Waals surface area (Å²) >= 11 is 0. The van der Waals surface area contributed by atoms with E-state index in [-0.39, 0.29) is 11.8 Å². The van der Waals surface area contributed by atoms with Gasteiger partial charge in [0, 0.05) is 5.92 Å². The molecule has 0 bridgehead atoms. The van der Waals surface area contributed by atoms with Crippen LogP contribution >= 0.6 is 0 Å². The first-order chi connectivity index (χ1) is 5.77. The third-order valence-corrected chi connectivity index (χ3v) is 2.14. The third kappa shape index (κ3) is 1.09. The van der Waals surface area contributed by atoms with Gasteiger partial charge in [0.05, 0.1) is 0 Å². The molecule has 1 amide bonds. The maximum atomic E-state index is 11.3. The van der Waals surface area contributed by atoms with E-state index in [2.05, 4.69) is 10.3 Å². The first-order valence-corrected chi connectivity index (χ1v) is 4.00. The lowest BCUT2D eigenvalue weighted by molar-refractivity contribution is -0.119. The van der Waals surface area contributed by atoms with Gasteiger partial charge in [0.15, 0.2) is 6.39 Å². The number of fused-ring (bicyclic) bond motifs is 1. The van der Waals surface area contributed by atoms with E-state index in [1.807, 2.05) is 6.92 Å². The fraction of sp³-hybridized carbons (Fsp3) is 0.500. The van der Waals surface area contributed by atoms with E-state index in [4.69, 9.17) is 4.42 Å². The molecular weight excluding hydrogens is 156 g/mol. The summed E-state index contributed by atoms with van der Waals surface area (Å²) in [6.45, 7) is 1.90. The number of hydrogen-bond acceptors (Lipinski definition) is 3. The molecular formula is C8H10N2O2. The maximum Gasteiger partial charge on any atom is 0.229 e. The van der Waals surface area contributed by atoms with Crippen LogP contribution in [0.4, 0.5) is 5.88 Å². The molecule has 4 heteroatoms. The van der Waals surface area contributed by atoms with Crippen molar-refractivity contribution in [1.82, 2.24) is 4.98 Å². The van der Waals surface area contributed by atoms with Crippen LogP contribution in [0.1, 0.15) is 19.0 Å². The lowest BCUT2D eigenvalue weighted by atomic mass is 10.1. The van der Waals surface area contributed by atoms with Crippen LogP contribution in [0.3, 0.4) is 0 Å². The highest BCUT2D eigenvalue weighted by Crippen LogP contribution is 2.22. The highest BCUT2D eigenvalue weighted by Gasteiger charge is 2.22. The molecule has 1 N–H and O–H groups in total. The predicted molar refractivity (Wildman–Crippen MR) is 42.6 cm³/mol. The van der Waals surface area contributed by atoms with E-state index in [9.17, 15) is 4.79 Å². The van der Waals surface area contributed by atoms with E-state index in [1.54, 1.807) is 0 Å². The number of rotatable bonds is 0. The lowest BCUT2D eigenvalue weighted by Crippen LogP contribution is -2.18. The fourth-order valence-electron chi connectivity index (χ4n) is 1.27. The van der Waals surface area contributed by atoms with Crippen LogP contribution in [0.15, 0.2) is 10.8 Å². The number of nitrogens with one attached hydrogen (secondary N) is 1. The van der Waals surface area contributed by atoms with E-state index >= 15 is 0 Å². The van der Waals surface area contributed by atoms with Crippen molar-refractivity contribution < 1.29 is 9.21 Å². The fourth-order valence-corrected chi connectivity index (χ4v) is 1.27. The average Bonchev–Trinajstić information content (AvgIpc) is 2.43. The summed E-state index contributed by atoms with van der Waals surface area (Å²) in [6.07, 6.45) is 3.01. The highest BCUT2D eigenvalue weighted by molar-refractivity contribution is 5.92. The normalized spacial score (nSPS) is 22.8. The molecule has 0 radical (unpaired) electrons. The maximum absolute atomic E-state index is 11.3. The van der Waals surface area contributed by atoms with E-state index < -0.39 is 0 Å². The zero-order valence-electron chi connectivity index (χ0n) is 6.83. The van der Waals surface area contributed by atoms with E-state index in [1.165, 1.54) is 6.39 Å². The van der Waals surface area contributed by atoms with Crippen LogP contribution < -0.4 is 5.32 Å². The quantitative estimate of drug-likeness (QED) is 0.630. The van der Waals surface area contributed by atoms with Gasteiger partial charge in [0.2, 0.25) is 11.8 Å². The number of nitrogens with zero attached hydrogens (tertiary/aromatic N) is 1. The number of aromatic nitrogens is 1. The van der Waals surface area contributed by atoms with Gasteiger partial charge in [-0.25, -0.2) is 4.98 Å². The van der Waals surface area contributed by atoms with Gasteiger partial charge in [-0.15, -0.1) is 0 Å². The van der Waals surface area contributed by atoms with Gasteiger partial charge >= 0.3 is 0 Å². The molecule has 12 heavy (non-hydrogen) atoms. The van der Waals surface area contributed by atoms with Gasteiger partial charge in [-0.3, -0.25) is 10.1 Å². The topological polar surface area (TPSA) is 55.1 Å². The molecule has 0 spiro atoms. The minimum absolute atomic E-state index is 0.0190. The summed E-state index contributed by atoms with van der Waals surface area (Å²) in [6, 6.07) is 0. The molecule has 1 aliphatic rings. The third-order valence-electron chi connectivity index (χ3n) is 2.14. The molecule has 2 heterocycles. The molecule has 0 aromatic carbocycles. The second kappa shape index (κ2) is 2.62. The molecule has 1 atom stereocenters. The van der Waals surface area contributed by atoms with Crippen LogP contribution in [0.25, 0.3) is 0 Å². The van der Waals surface area contributed by atoms with Crippen molar-refractivity contribution in [2.75, 3.05) is 5.32 Å². The smallest absolute Gasteiger partial charge is 0.229 e. The average molecular weight is 166 g/mol. The number of hydrogen-bond donors (Lipinski definition) is 1. The number of anilines is 1. The van der Waals surface area contributed by atoms with Gasteiger partial charge in [-0.2, -0.15) is 0 Å². The SMILES string of the molecule is CC1CCc2ncoc2NC1=O. The summed E-state index contributed by atoms with van der Waals surface area (Å²) in [7, 11) is 0. The van der Waals surface area contributed by atoms with E-state index in [0.717, 1.165) is 18.5 Å². The zero-order valence-corrected chi connectivity index (χ0v) is 6.83. The van der Waals surface area contributed by atoms with Gasteiger partial charge in [-0.1, -0.05) is 6.92 Å².